The molecule has 68 valence electrons. The minimum absolute atomic E-state index is 0. The topological polar surface area (TPSA) is 46.2 Å². The lowest BCUT2D eigenvalue weighted by molar-refractivity contribution is 0.268. The average Bonchev–Trinajstić information content (AvgIpc) is 2.05. The predicted octanol–water partition coefficient (Wildman–Crippen LogP) is 1.41. The van der Waals surface area contributed by atoms with Gasteiger partial charge >= 0.3 is 0 Å². The van der Waals surface area contributed by atoms with Gasteiger partial charge in [-0.2, -0.15) is 0 Å². The monoisotopic (exact) mass is 187 g/mol. The standard InChI is InChI=1S/C9H13NO.ClH/c1-7-2-4-8(5-3-7)9(10)6-11;/h2-5,9,11H,6,10H2,1H3;1H. The number of hydrogen-bond donors (Lipinski definition) is 2. The smallest absolute Gasteiger partial charge is 0.0624 e. The predicted molar refractivity (Wildman–Crippen MR) is 52.4 cm³/mol. The summed E-state index contributed by atoms with van der Waals surface area (Å²) in [5.74, 6) is 0. The maximum atomic E-state index is 8.73. The van der Waals surface area contributed by atoms with Gasteiger partial charge < -0.3 is 10.8 Å². The highest BCUT2D eigenvalue weighted by Gasteiger charge is 2.01. The summed E-state index contributed by atoms with van der Waals surface area (Å²) in [7, 11) is 0. The second-order valence-electron chi connectivity index (χ2n) is 2.70. The van der Waals surface area contributed by atoms with E-state index in [4.69, 9.17) is 10.8 Å². The lowest BCUT2D eigenvalue weighted by Gasteiger charge is -2.07. The van der Waals surface area contributed by atoms with Crippen molar-refractivity contribution in [3.63, 3.8) is 0 Å². The molecule has 1 rings (SSSR count). The number of halogens is 1. The molecular weight excluding hydrogens is 174 g/mol. The Morgan fingerprint density at radius 1 is 1.33 bits per heavy atom. The van der Waals surface area contributed by atoms with Crippen molar-refractivity contribution in [3.05, 3.63) is 35.4 Å². The molecule has 0 aromatic heterocycles. The number of aliphatic hydroxyl groups excluding tert-OH is 1. The zero-order valence-electron chi connectivity index (χ0n) is 7.03. The third-order valence-electron chi connectivity index (χ3n) is 1.70. The van der Waals surface area contributed by atoms with E-state index in [0.717, 1.165) is 5.56 Å². The second kappa shape index (κ2) is 5.14. The van der Waals surface area contributed by atoms with E-state index in [0.29, 0.717) is 0 Å². The first-order chi connectivity index (χ1) is 5.24. The molecule has 0 spiro atoms. The van der Waals surface area contributed by atoms with E-state index in [-0.39, 0.29) is 25.1 Å². The first-order valence-corrected chi connectivity index (χ1v) is 3.67. The van der Waals surface area contributed by atoms with Crippen molar-refractivity contribution in [3.8, 4) is 0 Å². The van der Waals surface area contributed by atoms with E-state index in [9.17, 15) is 0 Å². The number of aryl methyl sites for hydroxylation is 1. The van der Waals surface area contributed by atoms with Crippen molar-refractivity contribution in [2.24, 2.45) is 5.73 Å². The molecule has 0 heterocycles. The molecule has 1 unspecified atom stereocenters. The van der Waals surface area contributed by atoms with Gasteiger partial charge in [-0.1, -0.05) is 29.8 Å². The Morgan fingerprint density at radius 2 is 1.83 bits per heavy atom. The van der Waals surface area contributed by atoms with E-state index in [1.807, 2.05) is 31.2 Å². The molecule has 3 heteroatoms. The van der Waals surface area contributed by atoms with Crippen LogP contribution >= 0.6 is 12.4 Å². The zero-order valence-corrected chi connectivity index (χ0v) is 7.84. The molecule has 1 aromatic carbocycles. The molecule has 1 atom stereocenters. The fourth-order valence-electron chi connectivity index (χ4n) is 0.919. The lowest BCUT2D eigenvalue weighted by atomic mass is 10.1. The lowest BCUT2D eigenvalue weighted by Crippen LogP contribution is -2.14. The minimum atomic E-state index is -0.240. The van der Waals surface area contributed by atoms with Gasteiger partial charge in [-0.25, -0.2) is 0 Å². The van der Waals surface area contributed by atoms with Gasteiger partial charge in [-0.15, -0.1) is 12.4 Å². The summed E-state index contributed by atoms with van der Waals surface area (Å²) in [6.45, 7) is 2.03. The van der Waals surface area contributed by atoms with Gasteiger partial charge in [0, 0.05) is 0 Å². The van der Waals surface area contributed by atoms with Gasteiger partial charge in [0.1, 0.15) is 0 Å². The van der Waals surface area contributed by atoms with Crippen LogP contribution in [0.25, 0.3) is 0 Å². The SMILES string of the molecule is Cc1ccc(C(N)CO)cc1.Cl. The molecule has 0 bridgehead atoms. The minimum Gasteiger partial charge on any atom is -0.394 e. The van der Waals surface area contributed by atoms with Crippen molar-refractivity contribution < 1.29 is 5.11 Å². The molecule has 0 aliphatic heterocycles. The highest BCUT2D eigenvalue weighted by molar-refractivity contribution is 5.85. The Hall–Kier alpha value is -0.570. The molecule has 0 amide bonds. The maximum absolute atomic E-state index is 8.73. The van der Waals surface area contributed by atoms with E-state index in [2.05, 4.69) is 0 Å². The van der Waals surface area contributed by atoms with Crippen LogP contribution in [0.4, 0.5) is 0 Å². The summed E-state index contributed by atoms with van der Waals surface area (Å²) < 4.78 is 0. The Morgan fingerprint density at radius 3 is 2.25 bits per heavy atom. The normalized spacial score (nSPS) is 11.9. The summed E-state index contributed by atoms with van der Waals surface area (Å²) in [4.78, 5) is 0. The van der Waals surface area contributed by atoms with Gasteiger partial charge in [0.05, 0.1) is 12.6 Å². The molecule has 0 aliphatic rings. The van der Waals surface area contributed by atoms with Crippen LogP contribution < -0.4 is 5.73 Å². The Bertz CT molecular complexity index is 222. The highest BCUT2D eigenvalue weighted by Crippen LogP contribution is 2.09. The number of aliphatic hydroxyl groups is 1. The molecule has 0 saturated carbocycles. The molecular formula is C9H14ClNO. The molecule has 12 heavy (non-hydrogen) atoms. The van der Waals surface area contributed by atoms with Gasteiger partial charge in [0.25, 0.3) is 0 Å². The van der Waals surface area contributed by atoms with Crippen LogP contribution in [0.15, 0.2) is 24.3 Å². The van der Waals surface area contributed by atoms with Crippen LogP contribution in [0.5, 0.6) is 0 Å². The number of nitrogens with two attached hydrogens (primary N) is 1. The van der Waals surface area contributed by atoms with Crippen LogP contribution in [0, 0.1) is 6.92 Å². The Labute approximate surface area is 78.8 Å². The van der Waals surface area contributed by atoms with E-state index >= 15 is 0 Å². The van der Waals surface area contributed by atoms with Crippen molar-refractivity contribution in [2.45, 2.75) is 13.0 Å². The molecule has 0 aliphatic carbocycles. The van der Waals surface area contributed by atoms with E-state index in [1.54, 1.807) is 0 Å². The fraction of sp³-hybridized carbons (Fsp3) is 0.333. The summed E-state index contributed by atoms with van der Waals surface area (Å²) >= 11 is 0. The first-order valence-electron chi connectivity index (χ1n) is 3.67. The third kappa shape index (κ3) is 2.81. The highest BCUT2D eigenvalue weighted by atomic mass is 35.5. The molecule has 2 nitrogen and oxygen atoms in total. The molecule has 0 saturated heterocycles. The molecule has 1 aromatic rings. The second-order valence-corrected chi connectivity index (χ2v) is 2.70. The van der Waals surface area contributed by atoms with Crippen LogP contribution in [0.2, 0.25) is 0 Å². The summed E-state index contributed by atoms with van der Waals surface area (Å²) in [6, 6.07) is 7.62. The largest absolute Gasteiger partial charge is 0.394 e. The Kier molecular flexibility index (Phi) is 4.90. The van der Waals surface area contributed by atoms with E-state index in [1.165, 1.54) is 5.56 Å². The van der Waals surface area contributed by atoms with Gasteiger partial charge in [0.15, 0.2) is 0 Å². The number of hydrogen-bond acceptors (Lipinski definition) is 2. The molecule has 3 N–H and O–H groups in total. The molecule has 0 radical (unpaired) electrons. The Balaban J connectivity index is 0.00000121. The zero-order chi connectivity index (χ0) is 8.27. The summed E-state index contributed by atoms with van der Waals surface area (Å²) in [5.41, 5.74) is 7.79. The third-order valence-corrected chi connectivity index (χ3v) is 1.70. The van der Waals surface area contributed by atoms with Crippen LogP contribution in [0.1, 0.15) is 17.2 Å². The van der Waals surface area contributed by atoms with Crippen molar-refractivity contribution in [1.29, 1.82) is 0 Å². The summed E-state index contributed by atoms with van der Waals surface area (Å²) in [6.07, 6.45) is 0. The van der Waals surface area contributed by atoms with Gasteiger partial charge in [0.2, 0.25) is 0 Å². The maximum Gasteiger partial charge on any atom is 0.0624 e. The average molecular weight is 188 g/mol. The van der Waals surface area contributed by atoms with Crippen LogP contribution in [-0.2, 0) is 0 Å². The van der Waals surface area contributed by atoms with Crippen molar-refractivity contribution >= 4 is 12.4 Å². The fourth-order valence-corrected chi connectivity index (χ4v) is 0.919. The first kappa shape index (κ1) is 11.4. The van der Waals surface area contributed by atoms with Crippen molar-refractivity contribution in [1.82, 2.24) is 0 Å². The van der Waals surface area contributed by atoms with Crippen LogP contribution in [0.3, 0.4) is 0 Å². The van der Waals surface area contributed by atoms with Crippen LogP contribution in [-0.4, -0.2) is 11.7 Å². The quantitative estimate of drug-likeness (QED) is 0.736. The number of rotatable bonds is 2. The van der Waals surface area contributed by atoms with Gasteiger partial charge in [-0.05, 0) is 12.5 Å². The van der Waals surface area contributed by atoms with E-state index < -0.39 is 0 Å². The number of benzene rings is 1. The van der Waals surface area contributed by atoms with Crippen molar-refractivity contribution in [2.75, 3.05) is 6.61 Å². The van der Waals surface area contributed by atoms with Gasteiger partial charge in [-0.3, -0.25) is 0 Å². The molecule has 0 fully saturated rings. The summed E-state index contributed by atoms with van der Waals surface area (Å²) in [5, 5.41) is 8.73.